The van der Waals surface area contributed by atoms with Gasteiger partial charge in [0.2, 0.25) is 5.89 Å². The zero-order chi connectivity index (χ0) is 18.8. The van der Waals surface area contributed by atoms with Crippen LogP contribution >= 0.6 is 11.6 Å². The van der Waals surface area contributed by atoms with E-state index in [4.69, 9.17) is 25.5 Å². The van der Waals surface area contributed by atoms with Crippen LogP contribution in [0, 0.1) is 0 Å². The number of hydrogen-bond donors (Lipinski definition) is 0. The van der Waals surface area contributed by atoms with Crippen LogP contribution in [-0.2, 0) is 4.74 Å². The number of methoxy groups -OCH3 is 1. The van der Waals surface area contributed by atoms with Gasteiger partial charge in [0.05, 0.1) is 12.7 Å². The minimum Gasteiger partial charge on any atom is -0.465 e. The van der Waals surface area contributed by atoms with Crippen LogP contribution in [0.25, 0.3) is 22.6 Å². The van der Waals surface area contributed by atoms with Crippen molar-refractivity contribution in [2.45, 2.75) is 0 Å². The van der Waals surface area contributed by atoms with E-state index in [2.05, 4.69) is 4.98 Å². The maximum atomic E-state index is 11.5. The molecular formula is C21H14ClNO4. The largest absolute Gasteiger partial charge is 0.465 e. The zero-order valence-electron chi connectivity index (χ0n) is 14.3. The molecule has 0 amide bonds. The van der Waals surface area contributed by atoms with Crippen molar-refractivity contribution >= 4 is 28.7 Å². The Morgan fingerprint density at radius 1 is 0.963 bits per heavy atom. The Kier molecular flexibility index (Phi) is 4.52. The Bertz CT molecular complexity index is 1100. The van der Waals surface area contributed by atoms with Gasteiger partial charge in [-0.1, -0.05) is 11.6 Å². The molecule has 4 rings (SSSR count). The molecule has 3 aromatic carbocycles. The van der Waals surface area contributed by atoms with Crippen molar-refractivity contribution in [3.05, 3.63) is 77.3 Å². The van der Waals surface area contributed by atoms with Crippen molar-refractivity contribution in [3.63, 3.8) is 0 Å². The van der Waals surface area contributed by atoms with Crippen LogP contribution in [0.1, 0.15) is 10.4 Å². The molecule has 0 radical (unpaired) electrons. The van der Waals surface area contributed by atoms with Crippen LogP contribution in [0.2, 0.25) is 5.02 Å². The molecule has 0 saturated heterocycles. The van der Waals surface area contributed by atoms with Gasteiger partial charge in [-0.3, -0.25) is 0 Å². The molecule has 4 aromatic rings. The van der Waals surface area contributed by atoms with Gasteiger partial charge in [-0.15, -0.1) is 0 Å². The van der Waals surface area contributed by atoms with Gasteiger partial charge < -0.3 is 13.9 Å². The molecule has 6 heteroatoms. The van der Waals surface area contributed by atoms with Gasteiger partial charge >= 0.3 is 5.97 Å². The number of carbonyl (C=O) groups is 1. The summed E-state index contributed by atoms with van der Waals surface area (Å²) < 4.78 is 16.4. The Morgan fingerprint density at radius 2 is 1.67 bits per heavy atom. The molecule has 1 aromatic heterocycles. The summed E-state index contributed by atoms with van der Waals surface area (Å²) in [5.74, 6) is 1.39. The molecule has 5 nitrogen and oxygen atoms in total. The molecule has 0 aliphatic carbocycles. The summed E-state index contributed by atoms with van der Waals surface area (Å²) in [6, 6.07) is 19.4. The Hall–Kier alpha value is -3.31. The van der Waals surface area contributed by atoms with Gasteiger partial charge in [0.15, 0.2) is 5.58 Å². The highest BCUT2D eigenvalue weighted by atomic mass is 35.5. The Morgan fingerprint density at radius 3 is 2.37 bits per heavy atom. The lowest BCUT2D eigenvalue weighted by atomic mass is 10.1. The summed E-state index contributed by atoms with van der Waals surface area (Å²) in [4.78, 5) is 16.0. The number of hydrogen-bond acceptors (Lipinski definition) is 5. The van der Waals surface area contributed by atoms with Gasteiger partial charge in [-0.2, -0.15) is 0 Å². The third kappa shape index (κ3) is 3.64. The van der Waals surface area contributed by atoms with Crippen LogP contribution < -0.4 is 4.74 Å². The number of carbonyl (C=O) groups excluding carboxylic acids is 1. The summed E-state index contributed by atoms with van der Waals surface area (Å²) >= 11 is 5.88. The number of benzene rings is 3. The summed E-state index contributed by atoms with van der Waals surface area (Å²) in [5.41, 5.74) is 2.55. The number of oxazole rings is 1. The van der Waals surface area contributed by atoms with E-state index in [1.807, 2.05) is 12.1 Å². The highest BCUT2D eigenvalue weighted by Gasteiger charge is 2.11. The second kappa shape index (κ2) is 7.13. The predicted molar refractivity (Wildman–Crippen MR) is 102 cm³/mol. The maximum Gasteiger partial charge on any atom is 0.337 e. The number of ether oxygens (including phenoxy) is 2. The van der Waals surface area contributed by atoms with E-state index in [1.165, 1.54) is 7.11 Å². The van der Waals surface area contributed by atoms with Crippen LogP contribution in [-0.4, -0.2) is 18.1 Å². The molecule has 0 N–H and O–H groups in total. The normalized spacial score (nSPS) is 10.7. The number of halogens is 1. The highest BCUT2D eigenvalue weighted by Crippen LogP contribution is 2.30. The van der Waals surface area contributed by atoms with E-state index >= 15 is 0 Å². The van der Waals surface area contributed by atoms with Crippen molar-refractivity contribution in [2.24, 2.45) is 0 Å². The smallest absolute Gasteiger partial charge is 0.337 e. The summed E-state index contributed by atoms with van der Waals surface area (Å²) in [7, 11) is 1.35. The number of aromatic nitrogens is 1. The minimum atomic E-state index is -0.386. The fraction of sp³-hybridized carbons (Fsp3) is 0.0476. The number of rotatable bonds is 4. The van der Waals surface area contributed by atoms with E-state index in [1.54, 1.807) is 54.6 Å². The first kappa shape index (κ1) is 17.1. The second-order valence-electron chi connectivity index (χ2n) is 5.77. The van der Waals surface area contributed by atoms with E-state index < -0.39 is 0 Å². The number of fused-ring (bicyclic) bond motifs is 1. The molecule has 0 aliphatic heterocycles. The Labute approximate surface area is 160 Å². The predicted octanol–water partition coefficient (Wildman–Crippen LogP) is 5.73. The molecule has 0 bridgehead atoms. The molecule has 1 heterocycles. The van der Waals surface area contributed by atoms with Crippen molar-refractivity contribution in [1.29, 1.82) is 0 Å². The molecule has 0 spiro atoms. The minimum absolute atomic E-state index is 0.386. The van der Waals surface area contributed by atoms with Crippen molar-refractivity contribution in [3.8, 4) is 23.0 Å². The van der Waals surface area contributed by atoms with Crippen LogP contribution in [0.15, 0.2) is 71.1 Å². The monoisotopic (exact) mass is 379 g/mol. The van der Waals surface area contributed by atoms with Gasteiger partial charge in [0.1, 0.15) is 17.0 Å². The molecule has 0 unspecified atom stereocenters. The SMILES string of the molecule is COC(=O)c1ccc(-c2nc3ccc(Oc4ccc(Cl)cc4)cc3o2)cc1. The molecule has 0 fully saturated rings. The topological polar surface area (TPSA) is 61.6 Å². The zero-order valence-corrected chi connectivity index (χ0v) is 15.1. The molecule has 134 valence electrons. The number of esters is 1. The van der Waals surface area contributed by atoms with E-state index in [0.717, 1.165) is 5.56 Å². The summed E-state index contributed by atoms with van der Waals surface area (Å²) in [6.07, 6.45) is 0. The van der Waals surface area contributed by atoms with Gasteiger partial charge in [0.25, 0.3) is 0 Å². The van der Waals surface area contributed by atoms with Crippen molar-refractivity contribution in [2.75, 3.05) is 7.11 Å². The first-order valence-corrected chi connectivity index (χ1v) is 8.53. The Balaban J connectivity index is 1.60. The highest BCUT2D eigenvalue weighted by molar-refractivity contribution is 6.30. The first-order chi connectivity index (χ1) is 13.1. The second-order valence-corrected chi connectivity index (χ2v) is 6.21. The third-order valence-electron chi connectivity index (χ3n) is 3.96. The first-order valence-electron chi connectivity index (χ1n) is 8.15. The lowest BCUT2D eigenvalue weighted by molar-refractivity contribution is 0.0600. The fourth-order valence-corrected chi connectivity index (χ4v) is 2.72. The standard InChI is InChI=1S/C21H14ClNO4/c1-25-21(24)14-4-2-13(3-5-14)20-23-18-11-10-17(12-19(18)27-20)26-16-8-6-15(22)7-9-16/h2-12H,1H3. The summed E-state index contributed by atoms with van der Waals surface area (Å²) in [5, 5.41) is 0.649. The van der Waals surface area contributed by atoms with E-state index in [9.17, 15) is 4.79 Å². The molecule has 0 atom stereocenters. The summed E-state index contributed by atoms with van der Waals surface area (Å²) in [6.45, 7) is 0. The van der Waals surface area contributed by atoms with E-state index in [-0.39, 0.29) is 5.97 Å². The van der Waals surface area contributed by atoms with Crippen LogP contribution in [0.5, 0.6) is 11.5 Å². The average molecular weight is 380 g/mol. The van der Waals surface area contributed by atoms with Gasteiger partial charge in [-0.05, 0) is 60.7 Å². The average Bonchev–Trinajstić information content (AvgIpc) is 3.12. The maximum absolute atomic E-state index is 11.5. The van der Waals surface area contributed by atoms with Crippen molar-refractivity contribution in [1.82, 2.24) is 4.98 Å². The van der Waals surface area contributed by atoms with Crippen molar-refractivity contribution < 1.29 is 18.7 Å². The quantitative estimate of drug-likeness (QED) is 0.424. The molecular weight excluding hydrogens is 366 g/mol. The molecule has 0 aliphatic rings. The van der Waals surface area contributed by atoms with Gasteiger partial charge in [0, 0.05) is 16.7 Å². The lowest BCUT2D eigenvalue weighted by Crippen LogP contribution is -2.00. The van der Waals surface area contributed by atoms with E-state index in [0.29, 0.717) is 39.1 Å². The van der Waals surface area contributed by atoms with Crippen LogP contribution in [0.4, 0.5) is 0 Å². The third-order valence-corrected chi connectivity index (χ3v) is 4.21. The molecule has 27 heavy (non-hydrogen) atoms. The fourth-order valence-electron chi connectivity index (χ4n) is 2.60. The number of nitrogens with zero attached hydrogens (tertiary/aromatic N) is 1. The van der Waals surface area contributed by atoms with Crippen LogP contribution in [0.3, 0.4) is 0 Å². The van der Waals surface area contributed by atoms with Gasteiger partial charge in [-0.25, -0.2) is 9.78 Å². The lowest BCUT2D eigenvalue weighted by Gasteiger charge is -2.04. The molecule has 0 saturated carbocycles.